The van der Waals surface area contributed by atoms with Gasteiger partial charge in [-0.05, 0) is 49.8 Å². The lowest BCUT2D eigenvalue weighted by molar-refractivity contribution is -0.183. The molecule has 0 aliphatic rings. The minimum Gasteiger partial charge on any atom is -0.226 e. The van der Waals surface area contributed by atoms with Crippen LogP contribution in [0.5, 0.6) is 0 Å². The molecule has 0 spiro atoms. The fourth-order valence-electron chi connectivity index (χ4n) is 2.05. The first-order valence-electron chi connectivity index (χ1n) is 6.57. The molecule has 0 saturated heterocycles. The second-order valence-corrected chi connectivity index (χ2v) is 4.29. The van der Waals surface area contributed by atoms with Crippen LogP contribution < -0.4 is 0 Å². The van der Waals surface area contributed by atoms with Gasteiger partial charge in [0, 0.05) is 44.2 Å². The highest BCUT2D eigenvalue weighted by Gasteiger charge is 2.75. The van der Waals surface area contributed by atoms with Gasteiger partial charge in [0.25, 0.3) is 0 Å². The lowest BCUT2D eigenvalue weighted by Crippen LogP contribution is -2.72. The van der Waals surface area contributed by atoms with Crippen molar-refractivity contribution in [3.63, 3.8) is 0 Å². The Bertz CT molecular complexity index is 903. The lowest BCUT2D eigenvalue weighted by Gasteiger charge is -2.48. The summed E-state index contributed by atoms with van der Waals surface area (Å²) < 4.78 is 0. The Kier molecular flexibility index (Phi) is 8.79. The van der Waals surface area contributed by atoms with Crippen molar-refractivity contribution in [3.8, 4) is 0 Å². The summed E-state index contributed by atoms with van der Waals surface area (Å²) in [4.78, 5) is 18.8. The molecule has 0 aliphatic carbocycles. The summed E-state index contributed by atoms with van der Waals surface area (Å²) in [5, 5.41) is 38.2. The maximum absolute atomic E-state index is 14.3. The molecule has 28 nitrogen and oxygen atoms in total. The fourth-order valence-corrected chi connectivity index (χ4v) is 2.05. The van der Waals surface area contributed by atoms with Crippen LogP contribution in [0.2, 0.25) is 0 Å². The largest absolute Gasteiger partial charge is 0.238 e. The molecule has 0 heterocycles. The maximum atomic E-state index is 14.3. The quantitative estimate of drug-likeness (QED) is 0.193. The van der Waals surface area contributed by atoms with E-state index in [2.05, 4.69) is 90.2 Å². The summed E-state index contributed by atoms with van der Waals surface area (Å²) in [5.74, 6) is -12.1. The Morgan fingerprint density at radius 2 is 0.469 bits per heavy atom. The van der Waals surface area contributed by atoms with Crippen LogP contribution in [0.15, 0.2) is 46.0 Å². The molecule has 157 valence electrons. The highest BCUT2D eigenvalue weighted by Crippen LogP contribution is 2.53. The lowest BCUT2D eigenvalue weighted by atomic mass is 9.81. The van der Waals surface area contributed by atoms with Gasteiger partial charge in [0.05, 0.1) is 0 Å². The number of rotatable bonds is 12. The van der Waals surface area contributed by atoms with Crippen molar-refractivity contribution in [2.24, 2.45) is 46.0 Å². The summed E-state index contributed by atoms with van der Waals surface area (Å²) >= 11 is 0. The average Bonchev–Trinajstić information content (AvgIpc) is 2.74. The molecular weight excluding hydrogens is 442 g/mol. The van der Waals surface area contributed by atoms with Gasteiger partial charge in [-0.2, -0.15) is 0 Å². The van der Waals surface area contributed by atoms with Gasteiger partial charge in [-0.3, -0.25) is 0 Å². The van der Waals surface area contributed by atoms with Crippen molar-refractivity contribution in [3.05, 3.63) is 94.0 Å². The van der Waals surface area contributed by atoms with E-state index in [9.17, 15) is 5.11 Å². The molecule has 0 aromatic rings. The molecule has 0 atom stereocenters. The van der Waals surface area contributed by atoms with Gasteiger partial charge < -0.3 is 0 Å². The molecule has 0 N–H and O–H groups in total. The zero-order chi connectivity index (χ0) is 24.7. The highest BCUT2D eigenvalue weighted by atomic mass is 16.3. The van der Waals surface area contributed by atoms with Gasteiger partial charge >= 0.3 is 0 Å². The standard InChI is InChI=1S/C4N27O/c5-23-14-2(15-24-6,16-25-7)1(32,3(17-26-8,18-27-9)19-28-10)4(20-29-11,21-30-12)22-31-13. The molecule has 0 saturated carbocycles. The van der Waals surface area contributed by atoms with Crippen LogP contribution in [0, 0.1) is 0 Å². The molecule has 0 rings (SSSR count). The third kappa shape index (κ3) is 3.82. The molecule has 0 aromatic carbocycles. The SMILES string of the molecule is [N-]=[N+]=NC(N=[N+]=[N-])(N=[N+]=[N-])C([O])(C(N=[N+]=[N-])(N=[N+]=[N-])N=[N+]=[N-])C(N=[N+]=[N-])(N=[N+]=[N-])N=[N+]=[N-]. The molecule has 32 heavy (non-hydrogen) atoms. The van der Waals surface area contributed by atoms with Crippen molar-refractivity contribution < 1.29 is 5.11 Å². The van der Waals surface area contributed by atoms with Crippen LogP contribution in [-0.2, 0) is 5.11 Å². The monoisotopic (exact) mass is 442 g/mol. The Morgan fingerprint density at radius 1 is 0.344 bits per heavy atom. The minimum absolute atomic E-state index is 2.09. The number of azide groups is 3. The van der Waals surface area contributed by atoms with Crippen LogP contribution in [-0.4, -0.2) is 23.0 Å². The zero-order valence-corrected chi connectivity index (χ0v) is 14.5. The number of nitrogens with zero attached hydrogens (tertiary/aromatic N) is 27. The molecule has 0 aliphatic heterocycles. The molecular formula is C4N27O. The number of hydrogen-bond donors (Lipinski definition) is 0. The number of hydrogen-bond acceptors (Lipinski definition) is 9. The van der Waals surface area contributed by atoms with Gasteiger partial charge in [-0.15, -0.1) is 0 Å². The average molecular weight is 442 g/mol. The van der Waals surface area contributed by atoms with E-state index in [-0.39, 0.29) is 0 Å². The predicted octanol–water partition coefficient (Wildman–Crippen LogP) is 5.91. The summed E-state index contributed by atoms with van der Waals surface area (Å²) in [6.45, 7) is 0. The Hall–Kier alpha value is -6.25. The van der Waals surface area contributed by atoms with E-state index in [1.807, 2.05) is 0 Å². The van der Waals surface area contributed by atoms with E-state index in [0.29, 0.717) is 0 Å². The fraction of sp³-hybridized carbons (Fsp3) is 1.00. The van der Waals surface area contributed by atoms with E-state index < -0.39 is 23.0 Å². The van der Waals surface area contributed by atoms with E-state index in [0.717, 1.165) is 0 Å². The van der Waals surface area contributed by atoms with E-state index in [1.54, 1.807) is 0 Å². The second-order valence-electron chi connectivity index (χ2n) is 4.29. The molecule has 0 unspecified atom stereocenters. The molecule has 0 fully saturated rings. The van der Waals surface area contributed by atoms with Gasteiger partial charge in [0.1, 0.15) is 0 Å². The van der Waals surface area contributed by atoms with Crippen molar-refractivity contribution >= 4 is 0 Å². The van der Waals surface area contributed by atoms with Crippen LogP contribution >= 0.6 is 0 Å². The summed E-state index contributed by atoms with van der Waals surface area (Å²) in [5.41, 5.74) is 75.1. The highest BCUT2D eigenvalue weighted by molar-refractivity contribution is 5.25. The summed E-state index contributed by atoms with van der Waals surface area (Å²) in [6.07, 6.45) is 0. The third-order valence-electron chi connectivity index (χ3n) is 3.07. The zero-order valence-electron chi connectivity index (χ0n) is 14.5. The Labute approximate surface area is 169 Å². The van der Waals surface area contributed by atoms with Gasteiger partial charge in [-0.25, -0.2) is 5.11 Å². The maximum Gasteiger partial charge on any atom is 0.238 e. The predicted molar refractivity (Wildman–Crippen MR) is 93.9 cm³/mol. The normalized spacial score (nSPS) is 16.0. The molecule has 28 heteroatoms. The van der Waals surface area contributed by atoms with Crippen LogP contribution in [0.1, 0.15) is 0 Å². The topological polar surface area (TPSA) is 459 Å². The van der Waals surface area contributed by atoms with Crippen molar-refractivity contribution in [1.82, 2.24) is 0 Å². The van der Waals surface area contributed by atoms with Crippen molar-refractivity contribution in [1.29, 1.82) is 0 Å². The second kappa shape index (κ2) is 10.9. The van der Waals surface area contributed by atoms with Gasteiger partial charge in [-0.1, -0.05) is 46.0 Å². The first kappa shape index (κ1) is 25.8. The molecule has 0 aromatic heterocycles. The molecule has 1 radical (unpaired) electrons. The third-order valence-corrected chi connectivity index (χ3v) is 3.07. The van der Waals surface area contributed by atoms with Crippen molar-refractivity contribution in [2.75, 3.05) is 0 Å². The summed E-state index contributed by atoms with van der Waals surface area (Å²) in [6, 6.07) is 0. The van der Waals surface area contributed by atoms with E-state index >= 15 is 0 Å². The van der Waals surface area contributed by atoms with E-state index in [4.69, 9.17) is 49.8 Å². The van der Waals surface area contributed by atoms with Crippen molar-refractivity contribution in [2.45, 2.75) is 23.0 Å². The van der Waals surface area contributed by atoms with E-state index in [1.165, 1.54) is 0 Å². The van der Waals surface area contributed by atoms with Gasteiger partial charge in [0.15, 0.2) is 5.60 Å². The van der Waals surface area contributed by atoms with Crippen LogP contribution in [0.3, 0.4) is 0 Å². The molecule has 0 amide bonds. The Balaban J connectivity index is 9.02. The smallest absolute Gasteiger partial charge is 0.226 e. The minimum atomic E-state index is -4.63. The summed E-state index contributed by atoms with van der Waals surface area (Å²) in [7, 11) is 0. The molecule has 0 bridgehead atoms. The first-order chi connectivity index (χ1) is 15.3. The van der Waals surface area contributed by atoms with Crippen LogP contribution in [0.25, 0.3) is 94.0 Å². The first-order valence-corrected chi connectivity index (χ1v) is 6.57. The Morgan fingerprint density at radius 3 is 0.562 bits per heavy atom. The van der Waals surface area contributed by atoms with Gasteiger partial charge in [0.2, 0.25) is 17.4 Å². The van der Waals surface area contributed by atoms with Crippen LogP contribution in [0.4, 0.5) is 0 Å².